The summed E-state index contributed by atoms with van der Waals surface area (Å²) in [5.74, 6) is -0.162. The maximum Gasteiger partial charge on any atom is 0.259 e. The lowest BCUT2D eigenvalue weighted by Gasteiger charge is -2.21. The molecule has 1 amide bonds. The first-order valence-corrected chi connectivity index (χ1v) is 6.70. The van der Waals surface area contributed by atoms with Crippen LogP contribution in [0.15, 0.2) is 36.5 Å². The number of benzene rings is 1. The van der Waals surface area contributed by atoms with E-state index < -0.39 is 0 Å². The lowest BCUT2D eigenvalue weighted by atomic mass is 10.2. The monoisotopic (exact) mass is 310 g/mol. The molecular formula is C14H12Cl2N2O2. The van der Waals surface area contributed by atoms with Crippen LogP contribution in [0, 0.1) is 0 Å². The number of phenols is 1. The van der Waals surface area contributed by atoms with Crippen LogP contribution in [0.5, 0.6) is 5.75 Å². The predicted molar refractivity (Wildman–Crippen MR) is 79.7 cm³/mol. The molecule has 0 aliphatic heterocycles. The molecule has 2 rings (SSSR count). The van der Waals surface area contributed by atoms with Crippen LogP contribution in [0.3, 0.4) is 0 Å². The second-order valence-electron chi connectivity index (χ2n) is 4.07. The number of rotatable bonds is 3. The molecule has 0 saturated heterocycles. The minimum Gasteiger partial charge on any atom is -0.508 e. The third-order valence-corrected chi connectivity index (χ3v) is 3.43. The molecular weight excluding hydrogens is 299 g/mol. The Bertz CT molecular complexity index is 647. The van der Waals surface area contributed by atoms with Gasteiger partial charge in [0.15, 0.2) is 0 Å². The van der Waals surface area contributed by atoms with E-state index in [4.69, 9.17) is 23.2 Å². The van der Waals surface area contributed by atoms with E-state index in [2.05, 4.69) is 4.98 Å². The number of carbonyl (C=O) groups excluding carboxylic acids is 1. The molecule has 4 nitrogen and oxygen atoms in total. The van der Waals surface area contributed by atoms with Crippen LogP contribution < -0.4 is 4.90 Å². The van der Waals surface area contributed by atoms with E-state index in [-0.39, 0.29) is 21.8 Å². The van der Waals surface area contributed by atoms with Gasteiger partial charge in [-0.2, -0.15) is 0 Å². The van der Waals surface area contributed by atoms with Crippen molar-refractivity contribution in [3.8, 4) is 5.75 Å². The highest BCUT2D eigenvalue weighted by Gasteiger charge is 2.17. The molecule has 0 aliphatic carbocycles. The van der Waals surface area contributed by atoms with Crippen molar-refractivity contribution in [2.45, 2.75) is 6.92 Å². The van der Waals surface area contributed by atoms with Crippen LogP contribution in [-0.4, -0.2) is 22.5 Å². The summed E-state index contributed by atoms with van der Waals surface area (Å²) in [7, 11) is 0. The number of amides is 1. The molecule has 1 aromatic carbocycles. The molecule has 0 atom stereocenters. The van der Waals surface area contributed by atoms with E-state index >= 15 is 0 Å². The minimum atomic E-state index is -0.260. The number of pyridine rings is 1. The molecule has 0 radical (unpaired) electrons. The number of hydrogen-bond donors (Lipinski definition) is 1. The first-order chi connectivity index (χ1) is 9.52. The van der Waals surface area contributed by atoms with E-state index in [1.807, 2.05) is 6.92 Å². The number of hydrogen-bond acceptors (Lipinski definition) is 3. The zero-order chi connectivity index (χ0) is 14.7. The molecule has 6 heteroatoms. The third-order valence-electron chi connectivity index (χ3n) is 2.75. The van der Waals surface area contributed by atoms with Gasteiger partial charge in [-0.3, -0.25) is 4.79 Å². The van der Waals surface area contributed by atoms with Crippen LogP contribution in [0.2, 0.25) is 10.2 Å². The van der Waals surface area contributed by atoms with Crippen molar-refractivity contribution in [1.29, 1.82) is 0 Å². The van der Waals surface area contributed by atoms with Crippen LogP contribution in [-0.2, 0) is 0 Å². The molecule has 1 N–H and O–H groups in total. The van der Waals surface area contributed by atoms with E-state index in [1.165, 1.54) is 23.2 Å². The number of phenolic OH excluding ortho intramolecular Hbond substituents is 1. The summed E-state index contributed by atoms with van der Waals surface area (Å²) < 4.78 is 0. The van der Waals surface area contributed by atoms with Crippen molar-refractivity contribution in [2.75, 3.05) is 11.4 Å². The average molecular weight is 311 g/mol. The fourth-order valence-electron chi connectivity index (χ4n) is 1.80. The zero-order valence-electron chi connectivity index (χ0n) is 10.7. The second kappa shape index (κ2) is 6.11. The topological polar surface area (TPSA) is 53.4 Å². The lowest BCUT2D eigenvalue weighted by molar-refractivity contribution is 0.0988. The molecule has 2 aromatic rings. The van der Waals surface area contributed by atoms with Crippen molar-refractivity contribution >= 4 is 34.8 Å². The maximum atomic E-state index is 12.5. The number of carbonyl (C=O) groups is 1. The number of aromatic hydroxyl groups is 1. The molecule has 1 heterocycles. The lowest BCUT2D eigenvalue weighted by Crippen LogP contribution is -2.30. The molecule has 1 aromatic heterocycles. The van der Waals surface area contributed by atoms with Gasteiger partial charge in [0, 0.05) is 24.5 Å². The SMILES string of the molecule is CCN(C(=O)c1cnc(Cl)c(Cl)c1)c1cccc(O)c1. The summed E-state index contributed by atoms with van der Waals surface area (Å²) in [6.45, 7) is 2.29. The van der Waals surface area contributed by atoms with Crippen molar-refractivity contribution in [3.63, 3.8) is 0 Å². The summed E-state index contributed by atoms with van der Waals surface area (Å²) >= 11 is 11.6. The first kappa shape index (κ1) is 14.6. The van der Waals surface area contributed by atoms with Gasteiger partial charge in [0.05, 0.1) is 10.6 Å². The van der Waals surface area contributed by atoms with Crippen LogP contribution >= 0.6 is 23.2 Å². The molecule has 104 valence electrons. The molecule has 0 unspecified atom stereocenters. The fourth-order valence-corrected chi connectivity index (χ4v) is 2.07. The van der Waals surface area contributed by atoms with Gasteiger partial charge < -0.3 is 10.0 Å². The molecule has 0 bridgehead atoms. The molecule has 0 spiro atoms. The Morgan fingerprint density at radius 3 is 2.70 bits per heavy atom. The van der Waals surface area contributed by atoms with Crippen LogP contribution in [0.4, 0.5) is 5.69 Å². The number of aromatic nitrogens is 1. The highest BCUT2D eigenvalue weighted by atomic mass is 35.5. The first-order valence-electron chi connectivity index (χ1n) is 5.95. The number of nitrogens with zero attached hydrogens (tertiary/aromatic N) is 2. The smallest absolute Gasteiger partial charge is 0.259 e. The van der Waals surface area contributed by atoms with Gasteiger partial charge in [0.1, 0.15) is 10.9 Å². The van der Waals surface area contributed by atoms with Gasteiger partial charge in [-0.15, -0.1) is 0 Å². The maximum absolute atomic E-state index is 12.5. The normalized spacial score (nSPS) is 10.3. The predicted octanol–water partition coefficient (Wildman–Crippen LogP) is 3.76. The Kier molecular flexibility index (Phi) is 4.47. The third kappa shape index (κ3) is 3.03. The Balaban J connectivity index is 2.36. The van der Waals surface area contributed by atoms with Gasteiger partial charge >= 0.3 is 0 Å². The van der Waals surface area contributed by atoms with Crippen molar-refractivity contribution < 1.29 is 9.90 Å². The number of anilines is 1. The summed E-state index contributed by atoms with van der Waals surface area (Å²) in [5.41, 5.74) is 0.938. The van der Waals surface area contributed by atoms with Gasteiger partial charge in [-0.25, -0.2) is 4.98 Å². The molecule has 0 fully saturated rings. The summed E-state index contributed by atoms with van der Waals surface area (Å²) in [5, 5.41) is 9.88. The van der Waals surface area contributed by atoms with Crippen molar-refractivity contribution in [2.24, 2.45) is 0 Å². The second-order valence-corrected chi connectivity index (χ2v) is 4.83. The highest BCUT2D eigenvalue weighted by molar-refractivity contribution is 6.41. The molecule has 0 saturated carbocycles. The van der Waals surface area contributed by atoms with Crippen molar-refractivity contribution in [3.05, 3.63) is 52.3 Å². The Labute approximate surface area is 126 Å². The van der Waals surface area contributed by atoms with E-state index in [1.54, 1.807) is 18.2 Å². The van der Waals surface area contributed by atoms with Gasteiger partial charge in [0.2, 0.25) is 0 Å². The average Bonchev–Trinajstić information content (AvgIpc) is 2.42. The molecule has 20 heavy (non-hydrogen) atoms. The van der Waals surface area contributed by atoms with Crippen LogP contribution in [0.25, 0.3) is 0 Å². The zero-order valence-corrected chi connectivity index (χ0v) is 12.2. The van der Waals surface area contributed by atoms with Gasteiger partial charge in [-0.1, -0.05) is 29.3 Å². The fraction of sp³-hybridized carbons (Fsp3) is 0.143. The van der Waals surface area contributed by atoms with Crippen LogP contribution in [0.1, 0.15) is 17.3 Å². The molecule has 0 aliphatic rings. The van der Waals surface area contributed by atoms with Gasteiger partial charge in [0.25, 0.3) is 5.91 Å². The standard InChI is InChI=1S/C14H12Cl2N2O2/c1-2-18(10-4-3-5-11(19)7-10)14(20)9-6-12(15)13(16)17-8-9/h3-8,19H,2H2,1H3. The van der Waals surface area contributed by atoms with Gasteiger partial charge in [-0.05, 0) is 25.1 Å². The highest BCUT2D eigenvalue weighted by Crippen LogP contribution is 2.24. The Morgan fingerprint density at radius 1 is 1.35 bits per heavy atom. The summed E-state index contributed by atoms with van der Waals surface area (Å²) in [6, 6.07) is 7.96. The summed E-state index contributed by atoms with van der Waals surface area (Å²) in [6.07, 6.45) is 1.38. The van der Waals surface area contributed by atoms with E-state index in [0.717, 1.165) is 0 Å². The quantitative estimate of drug-likeness (QED) is 0.878. The van der Waals surface area contributed by atoms with E-state index in [0.29, 0.717) is 17.8 Å². The largest absolute Gasteiger partial charge is 0.508 e. The van der Waals surface area contributed by atoms with Crippen molar-refractivity contribution in [1.82, 2.24) is 4.98 Å². The Morgan fingerprint density at radius 2 is 2.10 bits per heavy atom. The number of halogens is 2. The van der Waals surface area contributed by atoms with E-state index in [9.17, 15) is 9.90 Å². The summed E-state index contributed by atoms with van der Waals surface area (Å²) in [4.78, 5) is 17.8. The minimum absolute atomic E-state index is 0.0982. The Hall–Kier alpha value is -1.78.